The van der Waals surface area contributed by atoms with E-state index in [1.807, 2.05) is 18.2 Å². The highest BCUT2D eigenvalue weighted by molar-refractivity contribution is 5.87. The molecule has 0 spiro atoms. The van der Waals surface area contributed by atoms with Gasteiger partial charge in [0.25, 0.3) is 0 Å². The Balaban J connectivity index is 2.70. The summed E-state index contributed by atoms with van der Waals surface area (Å²) in [4.78, 5) is 11.2. The van der Waals surface area contributed by atoms with E-state index in [0.717, 1.165) is 12.8 Å². The zero-order chi connectivity index (χ0) is 9.73. The van der Waals surface area contributed by atoms with Crippen molar-refractivity contribution in [1.82, 2.24) is 5.32 Å². The molecule has 70 valence electrons. The van der Waals surface area contributed by atoms with Crippen LogP contribution in [0.3, 0.4) is 0 Å². The zero-order valence-corrected chi connectivity index (χ0v) is 7.92. The summed E-state index contributed by atoms with van der Waals surface area (Å²) >= 11 is 0. The molecule has 1 atom stereocenters. The summed E-state index contributed by atoms with van der Waals surface area (Å²) in [6.45, 7) is 5.50. The van der Waals surface area contributed by atoms with Crippen LogP contribution in [0.5, 0.6) is 0 Å². The summed E-state index contributed by atoms with van der Waals surface area (Å²) in [5, 5.41) is 2.94. The van der Waals surface area contributed by atoms with E-state index < -0.39 is 0 Å². The molecule has 0 aromatic carbocycles. The highest BCUT2D eigenvalue weighted by Crippen LogP contribution is 2.21. The number of hydrogen-bond acceptors (Lipinski definition) is 1. The van der Waals surface area contributed by atoms with Gasteiger partial charge in [0.15, 0.2) is 0 Å². The van der Waals surface area contributed by atoms with E-state index in [4.69, 9.17) is 0 Å². The van der Waals surface area contributed by atoms with Crippen LogP contribution in [0.4, 0.5) is 0 Å². The Labute approximate surface area is 79.0 Å². The van der Waals surface area contributed by atoms with Gasteiger partial charge in [0, 0.05) is 0 Å². The zero-order valence-electron chi connectivity index (χ0n) is 7.92. The maximum Gasteiger partial charge on any atom is 0.244 e. The second kappa shape index (κ2) is 4.08. The van der Waals surface area contributed by atoms with Crippen molar-refractivity contribution in [1.29, 1.82) is 0 Å². The van der Waals surface area contributed by atoms with Gasteiger partial charge < -0.3 is 5.32 Å². The molecule has 0 bridgehead atoms. The predicted octanol–water partition coefficient (Wildman–Crippen LogP) is 1.95. The fourth-order valence-corrected chi connectivity index (χ4v) is 1.40. The molecule has 0 heterocycles. The fraction of sp³-hybridized carbons (Fsp3) is 0.364. The highest BCUT2D eigenvalue weighted by Gasteiger charge is 2.25. The van der Waals surface area contributed by atoms with E-state index in [9.17, 15) is 4.79 Å². The lowest BCUT2D eigenvalue weighted by molar-refractivity contribution is -0.117. The Morgan fingerprint density at radius 2 is 2.46 bits per heavy atom. The topological polar surface area (TPSA) is 29.1 Å². The van der Waals surface area contributed by atoms with Gasteiger partial charge in [-0.15, -0.1) is 0 Å². The normalized spacial score (nSPS) is 25.6. The third kappa shape index (κ3) is 2.31. The SMILES string of the molecule is C=CC(=O)NC1(CC)C=CC=CC1. The molecule has 2 heteroatoms. The van der Waals surface area contributed by atoms with E-state index in [2.05, 4.69) is 24.9 Å². The van der Waals surface area contributed by atoms with Crippen molar-refractivity contribution in [2.24, 2.45) is 0 Å². The van der Waals surface area contributed by atoms with E-state index in [1.54, 1.807) is 0 Å². The number of rotatable bonds is 3. The molecule has 1 N–H and O–H groups in total. The van der Waals surface area contributed by atoms with Gasteiger partial charge in [-0.05, 0) is 18.9 Å². The first-order chi connectivity index (χ1) is 6.22. The third-order valence-electron chi connectivity index (χ3n) is 2.33. The smallest absolute Gasteiger partial charge is 0.244 e. The van der Waals surface area contributed by atoms with Crippen LogP contribution in [0, 0.1) is 0 Å². The number of carbonyl (C=O) groups excluding carboxylic acids is 1. The summed E-state index contributed by atoms with van der Waals surface area (Å²) in [5.41, 5.74) is -0.194. The van der Waals surface area contributed by atoms with Crippen LogP contribution in [0.1, 0.15) is 19.8 Å². The molecular formula is C11H15NO. The molecule has 1 rings (SSSR count). The summed E-state index contributed by atoms with van der Waals surface area (Å²) in [6.07, 6.45) is 11.1. The quantitative estimate of drug-likeness (QED) is 0.656. The van der Waals surface area contributed by atoms with Crippen molar-refractivity contribution >= 4 is 5.91 Å². The molecular weight excluding hydrogens is 162 g/mol. The lowest BCUT2D eigenvalue weighted by Gasteiger charge is -2.30. The predicted molar refractivity (Wildman–Crippen MR) is 54.3 cm³/mol. The Morgan fingerprint density at radius 3 is 2.92 bits per heavy atom. The van der Waals surface area contributed by atoms with Gasteiger partial charge in [-0.1, -0.05) is 37.8 Å². The maximum absolute atomic E-state index is 11.2. The van der Waals surface area contributed by atoms with Crippen LogP contribution < -0.4 is 5.32 Å². The fourth-order valence-electron chi connectivity index (χ4n) is 1.40. The number of carbonyl (C=O) groups is 1. The number of allylic oxidation sites excluding steroid dienone is 2. The molecule has 0 radical (unpaired) electrons. The van der Waals surface area contributed by atoms with Crippen molar-refractivity contribution in [3.63, 3.8) is 0 Å². The summed E-state index contributed by atoms with van der Waals surface area (Å²) in [6, 6.07) is 0. The van der Waals surface area contributed by atoms with Crippen molar-refractivity contribution in [3.05, 3.63) is 37.0 Å². The Hall–Kier alpha value is -1.31. The number of nitrogens with one attached hydrogen (secondary N) is 1. The first kappa shape index (κ1) is 9.78. The van der Waals surface area contributed by atoms with Crippen LogP contribution in [-0.2, 0) is 4.79 Å². The maximum atomic E-state index is 11.2. The van der Waals surface area contributed by atoms with E-state index >= 15 is 0 Å². The van der Waals surface area contributed by atoms with Gasteiger partial charge in [-0.25, -0.2) is 0 Å². The minimum atomic E-state index is -0.194. The van der Waals surface area contributed by atoms with Gasteiger partial charge in [0.2, 0.25) is 5.91 Å². The van der Waals surface area contributed by atoms with Crippen LogP contribution in [0.15, 0.2) is 37.0 Å². The van der Waals surface area contributed by atoms with Crippen LogP contribution in [0.25, 0.3) is 0 Å². The number of amides is 1. The van der Waals surface area contributed by atoms with Gasteiger partial charge in [-0.2, -0.15) is 0 Å². The molecule has 0 aromatic heterocycles. The van der Waals surface area contributed by atoms with Crippen LogP contribution >= 0.6 is 0 Å². The van der Waals surface area contributed by atoms with Crippen molar-refractivity contribution in [2.75, 3.05) is 0 Å². The Bertz CT molecular complexity index is 265. The second-order valence-electron chi connectivity index (χ2n) is 3.19. The van der Waals surface area contributed by atoms with Crippen molar-refractivity contribution in [2.45, 2.75) is 25.3 Å². The monoisotopic (exact) mass is 177 g/mol. The molecule has 1 aliphatic rings. The first-order valence-electron chi connectivity index (χ1n) is 4.51. The van der Waals surface area contributed by atoms with E-state index in [-0.39, 0.29) is 11.4 Å². The molecule has 0 aromatic rings. The molecule has 0 fully saturated rings. The second-order valence-corrected chi connectivity index (χ2v) is 3.19. The van der Waals surface area contributed by atoms with E-state index in [1.165, 1.54) is 6.08 Å². The third-order valence-corrected chi connectivity index (χ3v) is 2.33. The van der Waals surface area contributed by atoms with Gasteiger partial charge in [0.1, 0.15) is 0 Å². The minimum absolute atomic E-state index is 0.109. The van der Waals surface area contributed by atoms with Gasteiger partial charge in [0.05, 0.1) is 5.54 Å². The highest BCUT2D eigenvalue weighted by atomic mass is 16.1. The van der Waals surface area contributed by atoms with E-state index in [0.29, 0.717) is 0 Å². The molecule has 0 aliphatic heterocycles. The van der Waals surface area contributed by atoms with Gasteiger partial charge >= 0.3 is 0 Å². The van der Waals surface area contributed by atoms with Crippen molar-refractivity contribution < 1.29 is 4.79 Å². The summed E-state index contributed by atoms with van der Waals surface area (Å²) in [7, 11) is 0. The van der Waals surface area contributed by atoms with Crippen molar-refractivity contribution in [3.8, 4) is 0 Å². The first-order valence-corrected chi connectivity index (χ1v) is 4.51. The molecule has 0 saturated heterocycles. The van der Waals surface area contributed by atoms with Crippen LogP contribution in [0.2, 0.25) is 0 Å². The molecule has 0 saturated carbocycles. The number of hydrogen-bond donors (Lipinski definition) is 1. The van der Waals surface area contributed by atoms with Crippen LogP contribution in [-0.4, -0.2) is 11.4 Å². The lowest BCUT2D eigenvalue weighted by atomic mass is 9.88. The minimum Gasteiger partial charge on any atom is -0.343 e. The lowest BCUT2D eigenvalue weighted by Crippen LogP contribution is -2.46. The Kier molecular flexibility index (Phi) is 3.07. The molecule has 1 aliphatic carbocycles. The average molecular weight is 177 g/mol. The standard InChI is InChI=1S/C11H15NO/c1-3-10(13)12-11(4-2)8-6-5-7-9-11/h3,5-8H,1,4,9H2,2H3,(H,12,13). The molecule has 2 nitrogen and oxygen atoms in total. The van der Waals surface area contributed by atoms with Gasteiger partial charge in [-0.3, -0.25) is 4.79 Å². The summed E-state index contributed by atoms with van der Waals surface area (Å²) in [5.74, 6) is -0.109. The average Bonchev–Trinajstić information content (AvgIpc) is 2.19. The summed E-state index contributed by atoms with van der Waals surface area (Å²) < 4.78 is 0. The molecule has 1 unspecified atom stereocenters. The molecule has 1 amide bonds. The Morgan fingerprint density at radius 1 is 1.69 bits per heavy atom. The molecule has 13 heavy (non-hydrogen) atoms. The largest absolute Gasteiger partial charge is 0.343 e.